The average molecular weight is 433 g/mol. The van der Waals surface area contributed by atoms with Crippen LogP contribution in [-0.2, 0) is 15.6 Å². The molecule has 1 saturated heterocycles. The van der Waals surface area contributed by atoms with Crippen LogP contribution in [-0.4, -0.2) is 47.6 Å². The highest BCUT2D eigenvalue weighted by Gasteiger charge is 2.53. The summed E-state index contributed by atoms with van der Waals surface area (Å²) in [5.74, 6) is 1.03. The van der Waals surface area contributed by atoms with Gasteiger partial charge in [0.1, 0.15) is 0 Å². The molecule has 0 spiro atoms. The quantitative estimate of drug-likeness (QED) is 0.527. The van der Waals surface area contributed by atoms with E-state index in [1.54, 1.807) is 20.3 Å². The molecule has 1 aromatic carbocycles. The molecule has 1 N–H and O–H groups in total. The van der Waals surface area contributed by atoms with Gasteiger partial charge in [-0.05, 0) is 49.4 Å². The molecule has 1 heterocycles. The molecule has 1 aliphatic heterocycles. The minimum absolute atomic E-state index is 0.0374. The van der Waals surface area contributed by atoms with Crippen LogP contribution in [0.3, 0.4) is 0 Å². The summed E-state index contributed by atoms with van der Waals surface area (Å²) in [5, 5.41) is 3.05. The molecule has 1 aromatic rings. The van der Waals surface area contributed by atoms with Gasteiger partial charge in [-0.25, -0.2) is 0 Å². The molecule has 165 valence electrons. The fraction of sp³-hybridized carbons (Fsp3) is 0.652. The van der Waals surface area contributed by atoms with E-state index in [1.807, 2.05) is 6.07 Å². The van der Waals surface area contributed by atoms with E-state index in [-0.39, 0.29) is 40.9 Å². The third kappa shape index (κ3) is 4.14. The minimum Gasteiger partial charge on any atom is -0.493 e. The van der Waals surface area contributed by atoms with E-state index < -0.39 is 9.04 Å². The number of amides is 1. The minimum atomic E-state index is -0.854. The van der Waals surface area contributed by atoms with Gasteiger partial charge < -0.3 is 19.2 Å². The van der Waals surface area contributed by atoms with Gasteiger partial charge in [0.05, 0.1) is 26.2 Å². The third-order valence-electron chi connectivity index (χ3n) is 6.49. The Morgan fingerprint density at radius 1 is 1.17 bits per heavy atom. The second-order valence-corrected chi connectivity index (χ2v) is 11.7. The number of ether oxygens (including phenoxy) is 2. The molecule has 0 aromatic heterocycles. The molecule has 4 atom stereocenters. The first-order valence-electron chi connectivity index (χ1n) is 10.6. The van der Waals surface area contributed by atoms with Crippen LogP contribution in [0, 0.1) is 23.2 Å². The van der Waals surface area contributed by atoms with Gasteiger partial charge in [-0.3, -0.25) is 9.59 Å². The van der Waals surface area contributed by atoms with E-state index in [9.17, 15) is 9.59 Å². The predicted octanol–water partition coefficient (Wildman–Crippen LogP) is 3.49. The van der Waals surface area contributed by atoms with Crippen molar-refractivity contribution in [2.75, 3.05) is 20.8 Å². The molecule has 0 saturated carbocycles. The van der Waals surface area contributed by atoms with E-state index >= 15 is 0 Å². The van der Waals surface area contributed by atoms with Crippen molar-refractivity contribution in [3.05, 3.63) is 23.3 Å². The average Bonchev–Trinajstić information content (AvgIpc) is 2.67. The number of ketones is 1. The standard InChI is InChI=1S/C23H34NO5Si/c1-23(2,3)16(12-29-30(6)7)18-19(24-22(18)26)15-9-8-14-13(20(15)25)10-11-17(27-4)21(14)28-5/h10-11,15-16,18-19H,8-9,12H2,1-7H3,(H,24,26)/t15-,16-,18+,19-/m1/s1. The number of methoxy groups -OCH3 is 2. The van der Waals surface area contributed by atoms with Crippen molar-refractivity contribution in [2.45, 2.75) is 52.7 Å². The van der Waals surface area contributed by atoms with Gasteiger partial charge in [0.15, 0.2) is 17.3 Å². The maximum absolute atomic E-state index is 13.4. The third-order valence-corrected chi connectivity index (χ3v) is 7.23. The van der Waals surface area contributed by atoms with E-state index in [1.165, 1.54) is 0 Å². The molecule has 2 aliphatic rings. The number of carbonyl (C=O) groups is 2. The molecular formula is C23H34NO5Si. The molecule has 30 heavy (non-hydrogen) atoms. The van der Waals surface area contributed by atoms with Crippen molar-refractivity contribution in [2.24, 2.45) is 23.2 Å². The lowest BCUT2D eigenvalue weighted by Crippen LogP contribution is -2.67. The first-order chi connectivity index (χ1) is 14.1. The van der Waals surface area contributed by atoms with Crippen LogP contribution in [0.25, 0.3) is 0 Å². The Bertz CT molecular complexity index is 817. The lowest BCUT2D eigenvalue weighted by molar-refractivity contribution is -0.143. The molecule has 1 amide bonds. The highest BCUT2D eigenvalue weighted by molar-refractivity contribution is 6.48. The number of nitrogens with one attached hydrogen (secondary N) is 1. The smallest absolute Gasteiger partial charge is 0.225 e. The van der Waals surface area contributed by atoms with E-state index in [0.29, 0.717) is 30.1 Å². The summed E-state index contributed by atoms with van der Waals surface area (Å²) in [6.07, 6.45) is 1.41. The van der Waals surface area contributed by atoms with Crippen LogP contribution >= 0.6 is 0 Å². The van der Waals surface area contributed by atoms with Gasteiger partial charge >= 0.3 is 0 Å². The number of hydrogen-bond donors (Lipinski definition) is 1. The fourth-order valence-electron chi connectivity index (χ4n) is 4.79. The number of fused-ring (bicyclic) bond motifs is 1. The van der Waals surface area contributed by atoms with Crippen molar-refractivity contribution in [1.29, 1.82) is 0 Å². The Morgan fingerprint density at radius 3 is 2.40 bits per heavy atom. The molecule has 6 nitrogen and oxygen atoms in total. The van der Waals surface area contributed by atoms with Gasteiger partial charge in [-0.15, -0.1) is 0 Å². The lowest BCUT2D eigenvalue weighted by atomic mass is 9.62. The highest BCUT2D eigenvalue weighted by Crippen LogP contribution is 2.45. The van der Waals surface area contributed by atoms with Gasteiger partial charge in [0, 0.05) is 23.7 Å². The zero-order chi connectivity index (χ0) is 22.2. The molecule has 0 unspecified atom stereocenters. The van der Waals surface area contributed by atoms with Crippen LogP contribution in [0.15, 0.2) is 12.1 Å². The maximum Gasteiger partial charge on any atom is 0.225 e. The van der Waals surface area contributed by atoms with Crippen molar-refractivity contribution < 1.29 is 23.5 Å². The lowest BCUT2D eigenvalue weighted by Gasteiger charge is -2.49. The monoisotopic (exact) mass is 432 g/mol. The number of benzene rings is 1. The van der Waals surface area contributed by atoms with E-state index in [4.69, 9.17) is 13.9 Å². The zero-order valence-corrected chi connectivity index (χ0v) is 20.1. The van der Waals surface area contributed by atoms with E-state index in [0.717, 1.165) is 12.0 Å². The second-order valence-electron chi connectivity index (χ2n) is 9.59. The van der Waals surface area contributed by atoms with Gasteiger partial charge in [0.25, 0.3) is 0 Å². The summed E-state index contributed by atoms with van der Waals surface area (Å²) in [7, 11) is 2.34. The Kier molecular flexibility index (Phi) is 6.62. The van der Waals surface area contributed by atoms with Crippen LogP contribution in [0.4, 0.5) is 0 Å². The normalized spacial score (nSPS) is 24.7. The number of rotatable bonds is 7. The van der Waals surface area contributed by atoms with Gasteiger partial charge in [-0.1, -0.05) is 20.8 Å². The van der Waals surface area contributed by atoms with E-state index in [2.05, 4.69) is 39.2 Å². The van der Waals surface area contributed by atoms with Crippen molar-refractivity contribution in [3.8, 4) is 11.5 Å². The molecule has 0 bridgehead atoms. The van der Waals surface area contributed by atoms with Crippen molar-refractivity contribution >= 4 is 20.7 Å². The first-order valence-corrected chi connectivity index (χ1v) is 13.0. The first kappa shape index (κ1) is 22.8. The Labute approximate surface area is 181 Å². The van der Waals surface area contributed by atoms with Crippen LogP contribution in [0.5, 0.6) is 11.5 Å². The predicted molar refractivity (Wildman–Crippen MR) is 117 cm³/mol. The molecule has 7 heteroatoms. The SMILES string of the molecule is COc1ccc2c(c1OC)CC[C@H]([C@H]1NC(=O)[C@H]1[C@@H](CO[Si](C)C)C(C)(C)C)C2=O. The van der Waals surface area contributed by atoms with Gasteiger partial charge in [0.2, 0.25) is 14.9 Å². The maximum atomic E-state index is 13.4. The molecular weight excluding hydrogens is 398 g/mol. The zero-order valence-electron chi connectivity index (χ0n) is 19.1. The second kappa shape index (κ2) is 8.71. The number of Topliss-reactive ketones (excluding diaryl/α,β-unsaturated/α-hetero) is 1. The van der Waals surface area contributed by atoms with Crippen LogP contribution in [0.1, 0.15) is 43.1 Å². The summed E-state index contributed by atoms with van der Waals surface area (Å²) in [6.45, 7) is 11.2. The Morgan fingerprint density at radius 2 is 1.87 bits per heavy atom. The summed E-state index contributed by atoms with van der Waals surface area (Å²) in [6, 6.07) is 3.46. The Hall–Kier alpha value is -1.86. The topological polar surface area (TPSA) is 73.9 Å². The molecule has 1 fully saturated rings. The largest absolute Gasteiger partial charge is 0.493 e. The van der Waals surface area contributed by atoms with Gasteiger partial charge in [-0.2, -0.15) is 0 Å². The number of carbonyl (C=O) groups excluding carboxylic acids is 2. The summed E-state index contributed by atoms with van der Waals surface area (Å²) < 4.78 is 16.9. The molecule has 3 rings (SSSR count). The van der Waals surface area contributed by atoms with Crippen molar-refractivity contribution in [1.82, 2.24) is 5.32 Å². The van der Waals surface area contributed by atoms with Crippen molar-refractivity contribution in [3.63, 3.8) is 0 Å². The highest BCUT2D eigenvalue weighted by atomic mass is 28.3. The molecule has 1 aliphatic carbocycles. The Balaban J connectivity index is 1.87. The summed E-state index contributed by atoms with van der Waals surface area (Å²) in [4.78, 5) is 26.1. The van der Waals surface area contributed by atoms with Crippen LogP contribution < -0.4 is 14.8 Å². The van der Waals surface area contributed by atoms with Crippen LogP contribution in [0.2, 0.25) is 13.1 Å². The number of β-lactam (4-membered cyclic amide) rings is 1. The fourth-order valence-corrected chi connectivity index (χ4v) is 5.31. The summed E-state index contributed by atoms with van der Waals surface area (Å²) >= 11 is 0. The number of hydrogen-bond acceptors (Lipinski definition) is 5. The summed E-state index contributed by atoms with van der Waals surface area (Å²) in [5.41, 5.74) is 1.49. The molecule has 1 radical (unpaired) electrons.